The molecule has 0 bridgehead atoms. The minimum atomic E-state index is 0.0696. The number of rotatable bonds is 5. The van der Waals surface area contributed by atoms with Crippen molar-refractivity contribution in [3.8, 4) is 0 Å². The highest BCUT2D eigenvalue weighted by Gasteiger charge is 2.13. The molecule has 1 heterocycles. The van der Waals surface area contributed by atoms with Gasteiger partial charge in [-0.15, -0.1) is 0 Å². The van der Waals surface area contributed by atoms with Crippen LogP contribution in [-0.4, -0.2) is 23.4 Å². The topological polar surface area (TPSA) is 53.6 Å². The van der Waals surface area contributed by atoms with E-state index >= 15 is 0 Å². The van der Waals surface area contributed by atoms with Gasteiger partial charge < -0.3 is 14.6 Å². The zero-order valence-corrected chi connectivity index (χ0v) is 11.2. The summed E-state index contributed by atoms with van der Waals surface area (Å²) < 4.78 is 5.80. The lowest BCUT2D eigenvalue weighted by molar-refractivity contribution is 0.237. The number of benzene rings is 2. The van der Waals surface area contributed by atoms with Crippen LogP contribution in [0.2, 0.25) is 0 Å². The van der Waals surface area contributed by atoms with Crippen LogP contribution in [0.3, 0.4) is 0 Å². The fourth-order valence-electron chi connectivity index (χ4n) is 2.70. The van der Waals surface area contributed by atoms with Crippen LogP contribution in [0.1, 0.15) is 24.3 Å². The summed E-state index contributed by atoms with van der Waals surface area (Å²) in [6.45, 7) is 0.259. The molecular formula is C17H18O3. The van der Waals surface area contributed by atoms with E-state index in [-0.39, 0.29) is 19.1 Å². The van der Waals surface area contributed by atoms with Gasteiger partial charge in [0, 0.05) is 29.9 Å². The number of aliphatic hydroxyl groups is 2. The number of fused-ring (bicyclic) bond motifs is 3. The van der Waals surface area contributed by atoms with E-state index < -0.39 is 0 Å². The molecule has 3 heteroatoms. The minimum Gasteiger partial charge on any atom is -0.456 e. The Balaban J connectivity index is 2.06. The first-order valence-electron chi connectivity index (χ1n) is 6.96. The third-order valence-corrected chi connectivity index (χ3v) is 3.80. The zero-order chi connectivity index (χ0) is 13.9. The molecule has 2 aromatic carbocycles. The van der Waals surface area contributed by atoms with E-state index in [4.69, 9.17) is 9.52 Å². The van der Waals surface area contributed by atoms with Crippen LogP contribution in [-0.2, 0) is 0 Å². The third kappa shape index (κ3) is 2.30. The number of furan rings is 1. The number of aliphatic hydroxyl groups excluding tert-OH is 2. The lowest BCUT2D eigenvalue weighted by atomic mass is 9.94. The van der Waals surface area contributed by atoms with Gasteiger partial charge in [0.25, 0.3) is 0 Å². The van der Waals surface area contributed by atoms with Crippen molar-refractivity contribution in [3.63, 3.8) is 0 Å². The number of para-hydroxylation sites is 1. The summed E-state index contributed by atoms with van der Waals surface area (Å²) in [4.78, 5) is 0. The summed E-state index contributed by atoms with van der Waals surface area (Å²) in [7, 11) is 0. The van der Waals surface area contributed by atoms with Crippen molar-refractivity contribution in [2.24, 2.45) is 0 Å². The number of hydrogen-bond donors (Lipinski definition) is 2. The molecule has 3 nitrogen and oxygen atoms in total. The molecule has 0 saturated heterocycles. The third-order valence-electron chi connectivity index (χ3n) is 3.80. The average molecular weight is 270 g/mol. The van der Waals surface area contributed by atoms with Gasteiger partial charge in [-0.25, -0.2) is 0 Å². The Morgan fingerprint density at radius 2 is 1.75 bits per heavy atom. The molecule has 0 amide bonds. The van der Waals surface area contributed by atoms with Crippen molar-refractivity contribution in [3.05, 3.63) is 48.0 Å². The molecule has 104 valence electrons. The second-order valence-corrected chi connectivity index (χ2v) is 5.10. The Morgan fingerprint density at radius 3 is 2.55 bits per heavy atom. The fourth-order valence-corrected chi connectivity index (χ4v) is 2.70. The van der Waals surface area contributed by atoms with Crippen molar-refractivity contribution in [1.82, 2.24) is 0 Å². The largest absolute Gasteiger partial charge is 0.456 e. The van der Waals surface area contributed by atoms with Crippen LogP contribution in [0, 0.1) is 0 Å². The van der Waals surface area contributed by atoms with Gasteiger partial charge in [0.2, 0.25) is 0 Å². The van der Waals surface area contributed by atoms with E-state index in [1.165, 1.54) is 0 Å². The summed E-state index contributed by atoms with van der Waals surface area (Å²) >= 11 is 0. The van der Waals surface area contributed by atoms with Crippen LogP contribution in [0.25, 0.3) is 21.9 Å². The maximum atomic E-state index is 9.54. The molecule has 0 aliphatic rings. The SMILES string of the molecule is OCCC[C@@H](CO)c1ccc2oc3ccccc3c2c1. The van der Waals surface area contributed by atoms with Gasteiger partial charge in [-0.2, -0.15) is 0 Å². The first kappa shape index (κ1) is 13.2. The van der Waals surface area contributed by atoms with Crippen LogP contribution in [0.5, 0.6) is 0 Å². The molecule has 20 heavy (non-hydrogen) atoms. The maximum Gasteiger partial charge on any atom is 0.135 e. The lowest BCUT2D eigenvalue weighted by Crippen LogP contribution is -2.05. The summed E-state index contributed by atoms with van der Waals surface area (Å²) in [6, 6.07) is 14.0. The molecule has 3 aromatic rings. The second kappa shape index (κ2) is 5.65. The maximum absolute atomic E-state index is 9.54. The van der Waals surface area contributed by atoms with E-state index in [1.54, 1.807) is 0 Å². The summed E-state index contributed by atoms with van der Waals surface area (Å²) in [6.07, 6.45) is 1.49. The highest BCUT2D eigenvalue weighted by atomic mass is 16.3. The highest BCUT2D eigenvalue weighted by Crippen LogP contribution is 2.32. The van der Waals surface area contributed by atoms with Crippen LogP contribution in [0.15, 0.2) is 46.9 Å². The van der Waals surface area contributed by atoms with Gasteiger partial charge >= 0.3 is 0 Å². The van der Waals surface area contributed by atoms with E-state index in [0.29, 0.717) is 6.42 Å². The summed E-state index contributed by atoms with van der Waals surface area (Å²) in [5.41, 5.74) is 2.85. The standard InChI is InChI=1S/C17H18O3/c18-9-3-4-13(11-19)12-7-8-17-15(10-12)14-5-1-2-6-16(14)20-17/h1-2,5-8,10,13,18-19H,3-4,9,11H2/t13-/m0/s1. The van der Waals surface area contributed by atoms with Gasteiger partial charge in [0.15, 0.2) is 0 Å². The van der Waals surface area contributed by atoms with Crippen LogP contribution >= 0.6 is 0 Å². The molecule has 1 atom stereocenters. The average Bonchev–Trinajstić information content (AvgIpc) is 2.86. The molecule has 3 rings (SSSR count). The van der Waals surface area contributed by atoms with Crippen LogP contribution < -0.4 is 0 Å². The molecule has 0 aliphatic carbocycles. The Labute approximate surface area is 117 Å². The lowest BCUT2D eigenvalue weighted by Gasteiger charge is -2.13. The minimum absolute atomic E-state index is 0.0696. The van der Waals surface area contributed by atoms with Gasteiger partial charge in [-0.3, -0.25) is 0 Å². The van der Waals surface area contributed by atoms with Crippen LogP contribution in [0.4, 0.5) is 0 Å². The first-order valence-corrected chi connectivity index (χ1v) is 6.96. The Bertz CT molecular complexity index is 714. The molecule has 0 spiro atoms. The summed E-state index contributed by atoms with van der Waals surface area (Å²) in [5.74, 6) is 0.0696. The number of hydrogen-bond acceptors (Lipinski definition) is 3. The Kier molecular flexibility index (Phi) is 3.72. The van der Waals surface area contributed by atoms with Gasteiger partial charge in [-0.05, 0) is 36.6 Å². The molecule has 0 radical (unpaired) electrons. The fraction of sp³-hybridized carbons (Fsp3) is 0.294. The van der Waals surface area contributed by atoms with E-state index in [9.17, 15) is 5.11 Å². The first-order chi connectivity index (χ1) is 9.83. The van der Waals surface area contributed by atoms with Gasteiger partial charge in [0.1, 0.15) is 11.2 Å². The van der Waals surface area contributed by atoms with Crippen molar-refractivity contribution < 1.29 is 14.6 Å². The molecule has 0 aliphatic heterocycles. The predicted octanol–water partition coefficient (Wildman–Crippen LogP) is 3.43. The molecule has 2 N–H and O–H groups in total. The predicted molar refractivity (Wildman–Crippen MR) is 79.9 cm³/mol. The molecule has 0 saturated carbocycles. The van der Waals surface area contributed by atoms with Crippen molar-refractivity contribution in [1.29, 1.82) is 0 Å². The van der Waals surface area contributed by atoms with Crippen molar-refractivity contribution in [2.75, 3.05) is 13.2 Å². The molecule has 0 fully saturated rings. The van der Waals surface area contributed by atoms with E-state index in [0.717, 1.165) is 33.9 Å². The second-order valence-electron chi connectivity index (χ2n) is 5.10. The quantitative estimate of drug-likeness (QED) is 0.746. The smallest absolute Gasteiger partial charge is 0.135 e. The van der Waals surface area contributed by atoms with Gasteiger partial charge in [0.05, 0.1) is 0 Å². The Morgan fingerprint density at radius 1 is 0.950 bits per heavy atom. The van der Waals surface area contributed by atoms with Crippen molar-refractivity contribution >= 4 is 21.9 Å². The van der Waals surface area contributed by atoms with Crippen molar-refractivity contribution in [2.45, 2.75) is 18.8 Å². The Hall–Kier alpha value is -1.84. The normalized spacial score (nSPS) is 13.1. The molecular weight excluding hydrogens is 252 g/mol. The molecule has 0 unspecified atom stereocenters. The monoisotopic (exact) mass is 270 g/mol. The zero-order valence-electron chi connectivity index (χ0n) is 11.2. The van der Waals surface area contributed by atoms with E-state index in [2.05, 4.69) is 6.07 Å². The summed E-state index contributed by atoms with van der Waals surface area (Å²) in [5, 5.41) is 20.7. The highest BCUT2D eigenvalue weighted by molar-refractivity contribution is 6.05. The molecule has 1 aromatic heterocycles. The van der Waals surface area contributed by atoms with E-state index in [1.807, 2.05) is 36.4 Å². The van der Waals surface area contributed by atoms with Gasteiger partial charge in [-0.1, -0.05) is 24.3 Å².